The van der Waals surface area contributed by atoms with Gasteiger partial charge in [0.2, 0.25) is 0 Å². The van der Waals surface area contributed by atoms with Gasteiger partial charge in [-0.2, -0.15) is 0 Å². The third kappa shape index (κ3) is 4.23. The molecule has 1 rings (SSSR count). The molecule has 0 saturated heterocycles. The minimum atomic E-state index is 0.250. The highest BCUT2D eigenvalue weighted by Crippen LogP contribution is 2.13. The zero-order valence-corrected chi connectivity index (χ0v) is 10.6. The largest absolute Gasteiger partial charge is 0.492 e. The second kappa shape index (κ2) is 6.54. The lowest BCUT2D eigenvalue weighted by Gasteiger charge is -2.28. The zero-order chi connectivity index (χ0) is 11.9. The van der Waals surface area contributed by atoms with Gasteiger partial charge >= 0.3 is 0 Å². The van der Waals surface area contributed by atoms with E-state index in [2.05, 4.69) is 26.1 Å². The first-order valence-electron chi connectivity index (χ1n) is 6.13. The van der Waals surface area contributed by atoms with Crippen LogP contribution in [-0.4, -0.2) is 18.7 Å². The predicted molar refractivity (Wildman–Crippen MR) is 68.9 cm³/mol. The maximum absolute atomic E-state index is 5.63. The van der Waals surface area contributed by atoms with Crippen LogP contribution in [0.5, 0.6) is 5.75 Å². The Morgan fingerprint density at radius 1 is 1.12 bits per heavy atom. The molecule has 0 spiro atoms. The summed E-state index contributed by atoms with van der Waals surface area (Å²) in [7, 11) is 0. The molecule has 2 heteroatoms. The van der Waals surface area contributed by atoms with Gasteiger partial charge in [-0.25, -0.2) is 0 Å². The fourth-order valence-electron chi connectivity index (χ4n) is 1.54. The number of hydrogen-bond donors (Lipinski definition) is 1. The normalized spacial score (nSPS) is 11.4. The third-order valence-corrected chi connectivity index (χ3v) is 3.23. The van der Waals surface area contributed by atoms with Crippen LogP contribution in [0.2, 0.25) is 0 Å². The Hall–Kier alpha value is -1.02. The molecular weight excluding hydrogens is 198 g/mol. The molecule has 0 saturated carbocycles. The lowest BCUT2D eigenvalue weighted by Crippen LogP contribution is -2.43. The molecule has 0 amide bonds. The molecule has 2 nitrogen and oxygen atoms in total. The van der Waals surface area contributed by atoms with E-state index in [1.807, 2.05) is 30.3 Å². The van der Waals surface area contributed by atoms with Crippen LogP contribution < -0.4 is 10.1 Å². The Kier molecular flexibility index (Phi) is 5.33. The topological polar surface area (TPSA) is 21.3 Å². The number of benzene rings is 1. The molecule has 0 aromatic heterocycles. The van der Waals surface area contributed by atoms with E-state index in [1.165, 1.54) is 0 Å². The molecule has 1 N–H and O–H groups in total. The summed E-state index contributed by atoms with van der Waals surface area (Å²) in [5.74, 6) is 0.944. The predicted octanol–water partition coefficient (Wildman–Crippen LogP) is 3.23. The SMILES string of the molecule is CCC(C)(CC)NCCOc1ccccc1. The molecule has 1 aromatic rings. The van der Waals surface area contributed by atoms with E-state index in [0.717, 1.165) is 31.7 Å². The van der Waals surface area contributed by atoms with Gasteiger partial charge < -0.3 is 10.1 Å². The zero-order valence-electron chi connectivity index (χ0n) is 10.6. The average molecular weight is 221 g/mol. The van der Waals surface area contributed by atoms with Crippen LogP contribution >= 0.6 is 0 Å². The lowest BCUT2D eigenvalue weighted by molar-refractivity contribution is 0.266. The first kappa shape index (κ1) is 13.0. The Bertz CT molecular complexity index is 280. The average Bonchev–Trinajstić information content (AvgIpc) is 2.36. The minimum absolute atomic E-state index is 0.250. The standard InChI is InChI=1S/C14H23NO/c1-4-14(3,5-2)15-11-12-16-13-9-7-6-8-10-13/h6-10,15H,4-5,11-12H2,1-3H3. The van der Waals surface area contributed by atoms with Crippen LogP contribution in [0.3, 0.4) is 0 Å². The highest BCUT2D eigenvalue weighted by molar-refractivity contribution is 5.20. The highest BCUT2D eigenvalue weighted by atomic mass is 16.5. The molecule has 0 radical (unpaired) electrons. The summed E-state index contributed by atoms with van der Waals surface area (Å²) in [6, 6.07) is 9.95. The van der Waals surface area contributed by atoms with Gasteiger partial charge in [-0.15, -0.1) is 0 Å². The Morgan fingerprint density at radius 2 is 1.75 bits per heavy atom. The van der Waals surface area contributed by atoms with Gasteiger partial charge in [0, 0.05) is 12.1 Å². The van der Waals surface area contributed by atoms with Crippen LogP contribution in [0.25, 0.3) is 0 Å². The van der Waals surface area contributed by atoms with Gasteiger partial charge in [0.15, 0.2) is 0 Å². The Labute approximate surface area is 99.0 Å². The van der Waals surface area contributed by atoms with Crippen LogP contribution in [0, 0.1) is 0 Å². The van der Waals surface area contributed by atoms with Crippen LogP contribution in [0.15, 0.2) is 30.3 Å². The lowest BCUT2D eigenvalue weighted by atomic mass is 9.96. The first-order valence-corrected chi connectivity index (χ1v) is 6.13. The summed E-state index contributed by atoms with van der Waals surface area (Å²) in [6.45, 7) is 8.31. The minimum Gasteiger partial charge on any atom is -0.492 e. The second-order valence-electron chi connectivity index (χ2n) is 4.36. The van der Waals surface area contributed by atoms with E-state index >= 15 is 0 Å². The molecule has 0 atom stereocenters. The van der Waals surface area contributed by atoms with E-state index in [0.29, 0.717) is 0 Å². The molecule has 0 heterocycles. The summed E-state index contributed by atoms with van der Waals surface area (Å²) in [4.78, 5) is 0. The number of para-hydroxylation sites is 1. The van der Waals surface area contributed by atoms with Crippen molar-refractivity contribution in [3.8, 4) is 5.75 Å². The van der Waals surface area contributed by atoms with E-state index in [9.17, 15) is 0 Å². The summed E-state index contributed by atoms with van der Waals surface area (Å²) >= 11 is 0. The maximum Gasteiger partial charge on any atom is 0.119 e. The number of nitrogens with one attached hydrogen (secondary N) is 1. The van der Waals surface area contributed by atoms with E-state index < -0.39 is 0 Å². The monoisotopic (exact) mass is 221 g/mol. The smallest absolute Gasteiger partial charge is 0.119 e. The summed E-state index contributed by atoms with van der Waals surface area (Å²) < 4.78 is 5.63. The van der Waals surface area contributed by atoms with Gasteiger partial charge in [-0.3, -0.25) is 0 Å². The van der Waals surface area contributed by atoms with Crippen molar-refractivity contribution < 1.29 is 4.74 Å². The molecule has 90 valence electrons. The van der Waals surface area contributed by atoms with Crippen molar-refractivity contribution in [2.24, 2.45) is 0 Å². The fraction of sp³-hybridized carbons (Fsp3) is 0.571. The van der Waals surface area contributed by atoms with Gasteiger partial charge in [0.05, 0.1) is 0 Å². The molecular formula is C14H23NO. The quantitative estimate of drug-likeness (QED) is 0.714. The van der Waals surface area contributed by atoms with E-state index in [4.69, 9.17) is 4.74 Å². The number of ether oxygens (including phenoxy) is 1. The van der Waals surface area contributed by atoms with Gasteiger partial charge in [-0.05, 0) is 31.9 Å². The molecule has 1 aromatic carbocycles. The Balaban J connectivity index is 2.22. The van der Waals surface area contributed by atoms with E-state index in [1.54, 1.807) is 0 Å². The molecule has 0 aliphatic heterocycles. The Morgan fingerprint density at radius 3 is 2.31 bits per heavy atom. The fourth-order valence-corrected chi connectivity index (χ4v) is 1.54. The molecule has 0 unspecified atom stereocenters. The van der Waals surface area contributed by atoms with E-state index in [-0.39, 0.29) is 5.54 Å². The van der Waals surface area contributed by atoms with Crippen molar-refractivity contribution in [3.63, 3.8) is 0 Å². The van der Waals surface area contributed by atoms with Gasteiger partial charge in [0.1, 0.15) is 12.4 Å². The molecule has 0 aliphatic carbocycles. The first-order chi connectivity index (χ1) is 7.70. The van der Waals surface area contributed by atoms with Gasteiger partial charge in [0.25, 0.3) is 0 Å². The summed E-state index contributed by atoms with van der Waals surface area (Å²) in [5.41, 5.74) is 0.250. The molecule has 16 heavy (non-hydrogen) atoms. The van der Waals surface area contributed by atoms with Crippen molar-refractivity contribution in [3.05, 3.63) is 30.3 Å². The van der Waals surface area contributed by atoms with Gasteiger partial charge in [-0.1, -0.05) is 32.0 Å². The maximum atomic E-state index is 5.63. The summed E-state index contributed by atoms with van der Waals surface area (Å²) in [6.07, 6.45) is 2.30. The van der Waals surface area contributed by atoms with Crippen LogP contribution in [-0.2, 0) is 0 Å². The second-order valence-corrected chi connectivity index (χ2v) is 4.36. The van der Waals surface area contributed by atoms with Crippen LogP contribution in [0.4, 0.5) is 0 Å². The van der Waals surface area contributed by atoms with Crippen molar-refractivity contribution in [1.82, 2.24) is 5.32 Å². The summed E-state index contributed by atoms with van der Waals surface area (Å²) in [5, 5.41) is 3.54. The van der Waals surface area contributed by atoms with Crippen molar-refractivity contribution >= 4 is 0 Å². The third-order valence-electron chi connectivity index (χ3n) is 3.23. The molecule has 0 fully saturated rings. The highest BCUT2D eigenvalue weighted by Gasteiger charge is 2.17. The van der Waals surface area contributed by atoms with Crippen molar-refractivity contribution in [1.29, 1.82) is 0 Å². The molecule has 0 aliphatic rings. The van der Waals surface area contributed by atoms with Crippen molar-refractivity contribution in [2.45, 2.75) is 39.2 Å². The number of rotatable bonds is 7. The number of hydrogen-bond acceptors (Lipinski definition) is 2. The molecule has 0 bridgehead atoms. The van der Waals surface area contributed by atoms with Crippen molar-refractivity contribution in [2.75, 3.05) is 13.2 Å². The van der Waals surface area contributed by atoms with Crippen LogP contribution in [0.1, 0.15) is 33.6 Å².